The first kappa shape index (κ1) is 38.3. The van der Waals surface area contributed by atoms with Gasteiger partial charge >= 0.3 is 12.3 Å². The minimum absolute atomic E-state index is 0.108. The lowest BCUT2D eigenvalue weighted by atomic mass is 9.93. The number of nitrogens with one attached hydrogen (secondary N) is 1. The third kappa shape index (κ3) is 12.1. The molecule has 0 spiro atoms. The largest absolute Gasteiger partial charge is 0.493 e. The van der Waals surface area contributed by atoms with Crippen molar-refractivity contribution in [3.05, 3.63) is 29.3 Å². The zero-order valence-electron chi connectivity index (χ0n) is 27.7. The molecule has 0 bridgehead atoms. The Balaban J connectivity index is 3.22. The van der Waals surface area contributed by atoms with Gasteiger partial charge in [-0.25, -0.2) is 4.79 Å². The maximum absolute atomic E-state index is 14.1. The molecule has 0 aliphatic carbocycles. The van der Waals surface area contributed by atoms with Gasteiger partial charge < -0.3 is 19.3 Å². The minimum atomic E-state index is -4.58. The fraction of sp³-hybridized carbons (Fsp3) is 0.781. The monoisotopic (exact) mass is 621 g/mol. The SMILES string of the molecule is CCCCCCCOc1ccc(CC[C@](C)(COP(=O)(C(C)(C)C)C(C)(C)C)NC(=O)OC(C)(C)C)cc1C(F)(F)F. The normalized spacial score (nSPS) is 14.8. The number of alkyl halides is 3. The molecule has 6 nitrogen and oxygen atoms in total. The van der Waals surface area contributed by atoms with Crippen LogP contribution in [0.3, 0.4) is 0 Å². The van der Waals surface area contributed by atoms with Gasteiger partial charge in [-0.15, -0.1) is 0 Å². The molecule has 1 N–H and O–H groups in total. The van der Waals surface area contributed by atoms with E-state index >= 15 is 0 Å². The highest BCUT2D eigenvalue weighted by Gasteiger charge is 2.49. The van der Waals surface area contributed by atoms with E-state index in [1.165, 1.54) is 6.07 Å². The smallest absolute Gasteiger partial charge is 0.419 e. The number of rotatable bonds is 14. The van der Waals surface area contributed by atoms with Crippen molar-refractivity contribution in [2.45, 2.75) is 149 Å². The van der Waals surface area contributed by atoms with Crippen molar-refractivity contribution in [2.75, 3.05) is 13.2 Å². The molecule has 10 heteroatoms. The Morgan fingerprint density at radius 3 is 1.95 bits per heavy atom. The molecule has 1 aromatic carbocycles. The average Bonchev–Trinajstić information content (AvgIpc) is 2.80. The first-order chi connectivity index (χ1) is 18.9. The number of hydrogen-bond donors (Lipinski definition) is 1. The third-order valence-electron chi connectivity index (χ3n) is 6.95. The molecule has 244 valence electrons. The summed E-state index contributed by atoms with van der Waals surface area (Å²) in [4.78, 5) is 12.8. The van der Waals surface area contributed by atoms with Gasteiger partial charge in [-0.3, -0.25) is 4.57 Å². The van der Waals surface area contributed by atoms with Crippen LogP contribution in [-0.4, -0.2) is 40.8 Å². The second-order valence-corrected chi connectivity index (χ2v) is 18.5. The highest BCUT2D eigenvalue weighted by molar-refractivity contribution is 7.62. The molecule has 1 amide bonds. The molecule has 1 aromatic rings. The number of benzene rings is 1. The van der Waals surface area contributed by atoms with Crippen molar-refractivity contribution in [1.29, 1.82) is 0 Å². The van der Waals surface area contributed by atoms with Gasteiger partial charge in [-0.05, 0) is 64.7 Å². The maximum atomic E-state index is 14.1. The molecule has 0 saturated carbocycles. The lowest BCUT2D eigenvalue weighted by molar-refractivity contribution is -0.139. The van der Waals surface area contributed by atoms with E-state index in [4.69, 9.17) is 14.0 Å². The van der Waals surface area contributed by atoms with E-state index in [2.05, 4.69) is 12.2 Å². The van der Waals surface area contributed by atoms with Crippen molar-refractivity contribution in [1.82, 2.24) is 5.32 Å². The molecule has 42 heavy (non-hydrogen) atoms. The standard InChI is InChI=1S/C32H55F3NO5P/c1-12-13-14-15-16-21-39-26-18-17-24(22-25(26)32(33,34)35)19-20-31(11,36-27(37)41-28(2,3)4)23-40-42(38,29(5,6)7)30(8,9)10/h17-18,22H,12-16,19-21,23H2,1-11H3,(H,36,37)/t31-/m1/s1. The van der Waals surface area contributed by atoms with Gasteiger partial charge in [0.1, 0.15) is 11.4 Å². The van der Waals surface area contributed by atoms with Crippen molar-refractivity contribution >= 4 is 13.5 Å². The highest BCUT2D eigenvalue weighted by Crippen LogP contribution is 2.67. The van der Waals surface area contributed by atoms with E-state index in [0.29, 0.717) is 12.0 Å². The summed E-state index contributed by atoms with van der Waals surface area (Å²) in [5.41, 5.74) is -2.23. The van der Waals surface area contributed by atoms with Crippen LogP contribution in [0, 0.1) is 0 Å². The van der Waals surface area contributed by atoms with E-state index in [9.17, 15) is 22.5 Å². The van der Waals surface area contributed by atoms with Crippen molar-refractivity contribution in [3.8, 4) is 5.75 Å². The van der Waals surface area contributed by atoms with Gasteiger partial charge in [0.25, 0.3) is 0 Å². The van der Waals surface area contributed by atoms with Crippen molar-refractivity contribution in [3.63, 3.8) is 0 Å². The Labute approximate surface area is 252 Å². The maximum Gasteiger partial charge on any atom is 0.419 e. The van der Waals surface area contributed by atoms with Crippen LogP contribution < -0.4 is 10.1 Å². The van der Waals surface area contributed by atoms with Crippen LogP contribution in [0.4, 0.5) is 18.0 Å². The Morgan fingerprint density at radius 1 is 0.881 bits per heavy atom. The zero-order valence-corrected chi connectivity index (χ0v) is 28.6. The Hall–Kier alpha value is -1.73. The van der Waals surface area contributed by atoms with E-state index in [-0.39, 0.29) is 31.8 Å². The van der Waals surface area contributed by atoms with Gasteiger partial charge in [0.15, 0.2) is 0 Å². The summed E-state index contributed by atoms with van der Waals surface area (Å²) in [7, 11) is -3.28. The van der Waals surface area contributed by atoms with E-state index in [1.54, 1.807) is 33.8 Å². The summed E-state index contributed by atoms with van der Waals surface area (Å²) in [6.45, 7) is 20.3. The average molecular weight is 622 g/mol. The number of carbonyl (C=O) groups excluding carboxylic acids is 1. The number of ether oxygens (including phenoxy) is 2. The number of unbranched alkanes of at least 4 members (excludes halogenated alkanes) is 4. The summed E-state index contributed by atoms with van der Waals surface area (Å²) in [5, 5.41) is 1.50. The summed E-state index contributed by atoms with van der Waals surface area (Å²) in [6, 6.07) is 4.09. The van der Waals surface area contributed by atoms with Crippen LogP contribution in [0.25, 0.3) is 0 Å². The molecule has 0 unspecified atom stereocenters. The Bertz CT molecular complexity index is 1040. The van der Waals surface area contributed by atoms with Gasteiger partial charge in [-0.1, -0.05) is 80.2 Å². The van der Waals surface area contributed by atoms with Crippen molar-refractivity contribution < 1.29 is 36.5 Å². The van der Waals surface area contributed by atoms with Crippen LogP contribution in [0.5, 0.6) is 5.75 Å². The quantitative estimate of drug-likeness (QED) is 0.165. The van der Waals surface area contributed by atoms with Gasteiger partial charge in [0.2, 0.25) is 7.37 Å². The number of carbonyl (C=O) groups is 1. The lowest BCUT2D eigenvalue weighted by Crippen LogP contribution is -2.51. The topological polar surface area (TPSA) is 73.9 Å². The number of halogens is 3. The fourth-order valence-electron chi connectivity index (χ4n) is 4.74. The van der Waals surface area contributed by atoms with E-state index in [1.807, 2.05) is 41.5 Å². The second kappa shape index (κ2) is 14.8. The third-order valence-corrected chi connectivity index (χ3v) is 11.0. The fourth-order valence-corrected chi connectivity index (χ4v) is 7.99. The van der Waals surface area contributed by atoms with Gasteiger partial charge in [0, 0.05) is 10.3 Å². The van der Waals surface area contributed by atoms with Gasteiger partial charge in [-0.2, -0.15) is 13.2 Å². The molecule has 0 aromatic heterocycles. The number of alkyl carbamates (subject to hydrolysis) is 1. The first-order valence-corrected chi connectivity index (χ1v) is 16.7. The molecular formula is C32H55F3NO5P. The van der Waals surface area contributed by atoms with E-state index < -0.39 is 46.7 Å². The molecule has 0 aliphatic rings. The predicted octanol–water partition coefficient (Wildman–Crippen LogP) is 10.2. The summed E-state index contributed by atoms with van der Waals surface area (Å²) in [5.74, 6) is -0.184. The molecule has 0 radical (unpaired) electrons. The van der Waals surface area contributed by atoms with E-state index in [0.717, 1.165) is 31.7 Å². The van der Waals surface area contributed by atoms with Crippen LogP contribution >= 0.6 is 7.37 Å². The number of amides is 1. The number of hydrogen-bond acceptors (Lipinski definition) is 5. The molecule has 1 atom stereocenters. The van der Waals surface area contributed by atoms with Crippen LogP contribution in [0.2, 0.25) is 0 Å². The zero-order chi connectivity index (χ0) is 32.6. The van der Waals surface area contributed by atoms with Crippen molar-refractivity contribution in [2.24, 2.45) is 0 Å². The molecule has 0 saturated heterocycles. The Morgan fingerprint density at radius 2 is 1.45 bits per heavy atom. The van der Waals surface area contributed by atoms with Crippen LogP contribution in [-0.2, 0) is 26.4 Å². The summed E-state index contributed by atoms with van der Waals surface area (Å²) in [6.07, 6.45) is -0.0251. The second-order valence-electron chi connectivity index (χ2n) is 14.4. The molecule has 1 rings (SSSR count). The van der Waals surface area contributed by atoms with Crippen LogP contribution in [0.15, 0.2) is 18.2 Å². The minimum Gasteiger partial charge on any atom is -0.493 e. The Kier molecular flexibility index (Phi) is 13.5. The summed E-state index contributed by atoms with van der Waals surface area (Å²) >= 11 is 0. The van der Waals surface area contributed by atoms with Crippen LogP contribution in [0.1, 0.15) is 126 Å². The molecule has 0 heterocycles. The van der Waals surface area contributed by atoms with Gasteiger partial charge in [0.05, 0.1) is 24.3 Å². The lowest BCUT2D eigenvalue weighted by Gasteiger charge is -2.42. The predicted molar refractivity (Wildman–Crippen MR) is 165 cm³/mol. The first-order valence-electron chi connectivity index (χ1n) is 15.0. The molecular weight excluding hydrogens is 566 g/mol. The molecule has 0 aliphatic heterocycles. The highest BCUT2D eigenvalue weighted by atomic mass is 31.2. The number of aryl methyl sites for hydroxylation is 1. The molecule has 0 fully saturated rings. The summed E-state index contributed by atoms with van der Waals surface area (Å²) < 4.78 is 73.3.